The first-order valence-corrected chi connectivity index (χ1v) is 6.83. The van der Waals surface area contributed by atoms with Gasteiger partial charge in [-0.05, 0) is 35.7 Å². The van der Waals surface area contributed by atoms with Crippen LogP contribution in [-0.4, -0.2) is 11.7 Å². The summed E-state index contributed by atoms with van der Waals surface area (Å²) in [6, 6.07) is 14.0. The molecule has 0 unspecified atom stereocenters. The number of halogens is 1. The molecule has 0 aromatic heterocycles. The second-order valence-electron chi connectivity index (χ2n) is 4.58. The molecule has 0 atom stereocenters. The van der Waals surface area contributed by atoms with Gasteiger partial charge < -0.3 is 10.0 Å². The van der Waals surface area contributed by atoms with Gasteiger partial charge in [0.25, 0.3) is 0 Å². The predicted octanol–water partition coefficient (Wildman–Crippen LogP) is 3.72. The van der Waals surface area contributed by atoms with Crippen LogP contribution in [0, 0.1) is 0 Å². The van der Waals surface area contributed by atoms with Crippen molar-refractivity contribution in [3.8, 4) is 5.75 Å². The van der Waals surface area contributed by atoms with Gasteiger partial charge in [-0.3, -0.25) is 0 Å². The molecule has 3 heteroatoms. The lowest BCUT2D eigenvalue weighted by molar-refractivity contribution is 0.474. The number of fused-ring (bicyclic) bond motifs is 1. The molecule has 0 saturated carbocycles. The van der Waals surface area contributed by atoms with Crippen molar-refractivity contribution < 1.29 is 5.11 Å². The summed E-state index contributed by atoms with van der Waals surface area (Å²) in [5, 5.41) is 9.41. The minimum atomic E-state index is 0.299. The number of rotatable bonds is 2. The lowest BCUT2D eigenvalue weighted by Gasteiger charge is -2.20. The molecule has 1 heterocycles. The average molecular weight is 304 g/mol. The van der Waals surface area contributed by atoms with Gasteiger partial charge in [0.2, 0.25) is 0 Å². The number of aromatic hydroxyl groups is 1. The molecule has 2 aromatic carbocycles. The van der Waals surface area contributed by atoms with E-state index in [1.807, 2.05) is 6.07 Å². The molecule has 0 bridgehead atoms. The fourth-order valence-electron chi connectivity index (χ4n) is 2.44. The number of hydrogen-bond acceptors (Lipinski definition) is 2. The van der Waals surface area contributed by atoms with E-state index in [0.717, 1.165) is 24.0 Å². The van der Waals surface area contributed by atoms with Crippen molar-refractivity contribution in [1.29, 1.82) is 0 Å². The third-order valence-corrected chi connectivity index (χ3v) is 4.12. The van der Waals surface area contributed by atoms with Crippen LogP contribution in [0.3, 0.4) is 0 Å². The first-order chi connectivity index (χ1) is 8.74. The van der Waals surface area contributed by atoms with Gasteiger partial charge in [-0.1, -0.05) is 40.2 Å². The third-order valence-electron chi connectivity index (χ3n) is 3.38. The molecule has 18 heavy (non-hydrogen) atoms. The smallest absolute Gasteiger partial charge is 0.116 e. The summed E-state index contributed by atoms with van der Waals surface area (Å²) in [5.41, 5.74) is 3.95. The maximum absolute atomic E-state index is 9.41. The van der Waals surface area contributed by atoms with Gasteiger partial charge in [-0.15, -0.1) is 0 Å². The Morgan fingerprint density at radius 3 is 2.83 bits per heavy atom. The van der Waals surface area contributed by atoms with Crippen LogP contribution in [0.25, 0.3) is 0 Å². The zero-order valence-electron chi connectivity index (χ0n) is 9.94. The molecule has 0 saturated heterocycles. The number of para-hydroxylation sites is 1. The molecule has 0 radical (unpaired) electrons. The Balaban J connectivity index is 1.86. The topological polar surface area (TPSA) is 23.5 Å². The monoisotopic (exact) mass is 303 g/mol. The van der Waals surface area contributed by atoms with E-state index in [0.29, 0.717) is 5.75 Å². The van der Waals surface area contributed by atoms with E-state index in [1.54, 1.807) is 12.1 Å². The summed E-state index contributed by atoms with van der Waals surface area (Å²) in [6.45, 7) is 1.94. The first-order valence-electron chi connectivity index (χ1n) is 6.04. The normalized spacial score (nSPS) is 13.7. The van der Waals surface area contributed by atoms with Crippen LogP contribution in [0.4, 0.5) is 5.69 Å². The summed E-state index contributed by atoms with van der Waals surface area (Å²) in [7, 11) is 0. The molecule has 2 nitrogen and oxygen atoms in total. The van der Waals surface area contributed by atoms with E-state index in [9.17, 15) is 5.11 Å². The lowest BCUT2D eigenvalue weighted by atomic mass is 10.1. The van der Waals surface area contributed by atoms with E-state index in [1.165, 1.54) is 16.8 Å². The molecule has 92 valence electrons. The molecule has 0 fully saturated rings. The van der Waals surface area contributed by atoms with Crippen molar-refractivity contribution in [2.75, 3.05) is 11.4 Å². The van der Waals surface area contributed by atoms with Crippen LogP contribution in [0.1, 0.15) is 11.1 Å². The van der Waals surface area contributed by atoms with E-state index < -0.39 is 0 Å². The third kappa shape index (κ3) is 2.10. The van der Waals surface area contributed by atoms with Gasteiger partial charge in [-0.2, -0.15) is 0 Å². The molecule has 0 aliphatic carbocycles. The number of phenols is 1. The van der Waals surface area contributed by atoms with E-state index in [4.69, 9.17) is 0 Å². The molecule has 3 rings (SSSR count). The van der Waals surface area contributed by atoms with Crippen molar-refractivity contribution in [3.63, 3.8) is 0 Å². The van der Waals surface area contributed by atoms with Crippen molar-refractivity contribution in [2.45, 2.75) is 13.0 Å². The van der Waals surface area contributed by atoms with Gasteiger partial charge in [0.1, 0.15) is 5.75 Å². The Morgan fingerprint density at radius 2 is 2.00 bits per heavy atom. The van der Waals surface area contributed by atoms with Crippen LogP contribution in [-0.2, 0) is 13.0 Å². The van der Waals surface area contributed by atoms with Gasteiger partial charge >= 0.3 is 0 Å². The number of hydrogen-bond donors (Lipinski definition) is 1. The maximum atomic E-state index is 9.41. The fraction of sp³-hybridized carbons (Fsp3) is 0.200. The highest BCUT2D eigenvalue weighted by molar-refractivity contribution is 9.10. The van der Waals surface area contributed by atoms with Crippen molar-refractivity contribution in [1.82, 2.24) is 0 Å². The molecule has 1 aliphatic rings. The molecule has 0 spiro atoms. The standard InChI is InChI=1S/C15H14BrNO/c16-14-9-13(18)6-5-12(14)10-17-8-7-11-3-1-2-4-15(11)17/h1-6,9,18H,7-8,10H2. The van der Waals surface area contributed by atoms with Crippen LogP contribution < -0.4 is 4.90 Å². The summed E-state index contributed by atoms with van der Waals surface area (Å²) >= 11 is 3.51. The Hall–Kier alpha value is -1.48. The van der Waals surface area contributed by atoms with Crippen molar-refractivity contribution >= 4 is 21.6 Å². The average Bonchev–Trinajstić information content (AvgIpc) is 2.76. The lowest BCUT2D eigenvalue weighted by Crippen LogP contribution is -2.19. The summed E-state index contributed by atoms with van der Waals surface area (Å²) in [5.74, 6) is 0.299. The number of nitrogens with zero attached hydrogens (tertiary/aromatic N) is 1. The molecular weight excluding hydrogens is 290 g/mol. The highest BCUT2D eigenvalue weighted by Crippen LogP contribution is 2.31. The Morgan fingerprint density at radius 1 is 1.17 bits per heavy atom. The highest BCUT2D eigenvalue weighted by atomic mass is 79.9. The minimum absolute atomic E-state index is 0.299. The zero-order chi connectivity index (χ0) is 12.5. The maximum Gasteiger partial charge on any atom is 0.116 e. The first kappa shape index (κ1) is 11.6. The van der Waals surface area contributed by atoms with Crippen molar-refractivity contribution in [3.05, 3.63) is 58.1 Å². The molecular formula is C15H14BrNO. The number of phenolic OH excluding ortho intramolecular Hbond substituents is 1. The van der Waals surface area contributed by atoms with E-state index in [-0.39, 0.29) is 0 Å². The molecule has 2 aromatic rings. The second kappa shape index (κ2) is 4.65. The van der Waals surface area contributed by atoms with Gasteiger partial charge in [-0.25, -0.2) is 0 Å². The minimum Gasteiger partial charge on any atom is -0.508 e. The summed E-state index contributed by atoms with van der Waals surface area (Å²) in [6.07, 6.45) is 1.12. The second-order valence-corrected chi connectivity index (χ2v) is 5.43. The van der Waals surface area contributed by atoms with E-state index >= 15 is 0 Å². The zero-order valence-corrected chi connectivity index (χ0v) is 11.5. The number of benzene rings is 2. The molecule has 0 amide bonds. The quantitative estimate of drug-likeness (QED) is 0.914. The molecule has 1 aliphatic heterocycles. The number of anilines is 1. The van der Waals surface area contributed by atoms with Crippen molar-refractivity contribution in [2.24, 2.45) is 0 Å². The Labute approximate surface area is 115 Å². The van der Waals surface area contributed by atoms with Gasteiger partial charge in [0.15, 0.2) is 0 Å². The highest BCUT2D eigenvalue weighted by Gasteiger charge is 2.18. The van der Waals surface area contributed by atoms with E-state index in [2.05, 4.69) is 45.1 Å². The van der Waals surface area contributed by atoms with Gasteiger partial charge in [0, 0.05) is 23.2 Å². The SMILES string of the molecule is Oc1ccc(CN2CCc3ccccc32)c(Br)c1. The summed E-state index contributed by atoms with van der Waals surface area (Å²) in [4.78, 5) is 2.38. The Bertz CT molecular complexity index is 582. The van der Waals surface area contributed by atoms with Crippen LogP contribution in [0.5, 0.6) is 5.75 Å². The van der Waals surface area contributed by atoms with Gasteiger partial charge in [0.05, 0.1) is 0 Å². The Kier molecular flexibility index (Phi) is 3.00. The molecule has 1 N–H and O–H groups in total. The largest absolute Gasteiger partial charge is 0.508 e. The van der Waals surface area contributed by atoms with Crippen LogP contribution in [0.2, 0.25) is 0 Å². The van der Waals surface area contributed by atoms with Crippen LogP contribution in [0.15, 0.2) is 46.9 Å². The summed E-state index contributed by atoms with van der Waals surface area (Å²) < 4.78 is 0.965. The predicted molar refractivity (Wildman–Crippen MR) is 77.0 cm³/mol. The fourth-order valence-corrected chi connectivity index (χ4v) is 2.93. The van der Waals surface area contributed by atoms with Crippen LogP contribution >= 0.6 is 15.9 Å².